The van der Waals surface area contributed by atoms with Crippen LogP contribution in [0.3, 0.4) is 0 Å². The van der Waals surface area contributed by atoms with Crippen molar-refractivity contribution in [3.63, 3.8) is 0 Å². The zero-order valence-electron chi connectivity index (χ0n) is 16.6. The van der Waals surface area contributed by atoms with Crippen LogP contribution in [-0.4, -0.2) is 11.9 Å². The number of benzene rings is 2. The minimum Gasteiger partial charge on any atom is -0.391 e. The number of carbonyl (C=O) groups is 2. The Morgan fingerprint density at radius 3 is 1.41 bits per heavy atom. The van der Waals surface area contributed by atoms with E-state index in [1.165, 1.54) is 0 Å². The molecule has 0 saturated carbocycles. The lowest BCUT2D eigenvalue weighted by Gasteiger charge is -2.34. The van der Waals surface area contributed by atoms with Crippen LogP contribution < -0.4 is 0 Å². The van der Waals surface area contributed by atoms with Gasteiger partial charge in [0.2, 0.25) is 0 Å². The van der Waals surface area contributed by atoms with Crippen molar-refractivity contribution in [2.45, 2.75) is 49.4 Å². The molecule has 2 atom stereocenters. The van der Waals surface area contributed by atoms with E-state index in [0.29, 0.717) is 12.8 Å². The van der Waals surface area contributed by atoms with Crippen molar-refractivity contribution in [2.75, 3.05) is 0 Å². The number of hydrogen-bond donors (Lipinski definition) is 0. The van der Waals surface area contributed by atoms with Gasteiger partial charge in [-0.2, -0.15) is 0 Å². The topological polar surface area (TPSA) is 43.4 Å². The van der Waals surface area contributed by atoms with Gasteiger partial charge < -0.3 is 4.74 Å². The van der Waals surface area contributed by atoms with E-state index in [0.717, 1.165) is 36.8 Å². The molecule has 2 unspecified atom stereocenters. The van der Waals surface area contributed by atoms with Crippen LogP contribution in [0.1, 0.15) is 49.7 Å². The predicted molar refractivity (Wildman–Crippen MR) is 113 cm³/mol. The highest BCUT2D eigenvalue weighted by atomic mass is 16.6. The van der Waals surface area contributed by atoms with Gasteiger partial charge in [-0.15, -0.1) is 0 Å². The van der Waals surface area contributed by atoms with Crippen LogP contribution >= 0.6 is 0 Å². The fourth-order valence-corrected chi connectivity index (χ4v) is 4.53. The first-order valence-corrected chi connectivity index (χ1v) is 10.4. The van der Waals surface area contributed by atoms with Crippen molar-refractivity contribution < 1.29 is 14.3 Å². The molecule has 0 aromatic heterocycles. The lowest BCUT2D eigenvalue weighted by molar-refractivity contribution is -0.166. The maximum Gasteiger partial charge on any atom is 0.328 e. The number of rotatable bonds is 4. The number of esters is 2. The Hall–Kier alpha value is -2.94. The monoisotopic (exact) mass is 386 g/mol. The normalized spacial score (nSPS) is 26.1. The molecule has 0 amide bonds. The summed E-state index contributed by atoms with van der Waals surface area (Å²) in [6, 6.07) is 19.3. The largest absolute Gasteiger partial charge is 0.391 e. The zero-order valence-corrected chi connectivity index (χ0v) is 16.6. The Morgan fingerprint density at radius 2 is 1.07 bits per heavy atom. The van der Waals surface area contributed by atoms with Crippen LogP contribution in [0, 0.1) is 0 Å². The fourth-order valence-electron chi connectivity index (χ4n) is 4.53. The molecule has 3 nitrogen and oxygen atoms in total. The molecule has 0 bridgehead atoms. The molecule has 2 aromatic rings. The number of carbonyl (C=O) groups excluding carboxylic acids is 2. The van der Waals surface area contributed by atoms with Crippen molar-refractivity contribution in [1.82, 2.24) is 0 Å². The Bertz CT molecular complexity index is 851. The van der Waals surface area contributed by atoms with Crippen molar-refractivity contribution in [3.8, 4) is 0 Å². The molecule has 0 heterocycles. The Kier molecular flexibility index (Phi) is 5.48. The molecular formula is C26H26O3. The third-order valence-corrected chi connectivity index (χ3v) is 6.18. The highest BCUT2D eigenvalue weighted by Gasteiger charge is 2.46. The summed E-state index contributed by atoms with van der Waals surface area (Å²) in [5.41, 5.74) is -0.0416. The van der Waals surface area contributed by atoms with E-state index in [1.807, 2.05) is 85.0 Å². The molecule has 4 rings (SSSR count). The van der Waals surface area contributed by atoms with E-state index >= 15 is 0 Å². The second-order valence-electron chi connectivity index (χ2n) is 7.94. The van der Waals surface area contributed by atoms with Gasteiger partial charge in [0.1, 0.15) is 10.8 Å². The average Bonchev–Trinajstić information content (AvgIpc) is 2.81. The van der Waals surface area contributed by atoms with Gasteiger partial charge in [-0.3, -0.25) is 9.59 Å². The van der Waals surface area contributed by atoms with Crippen molar-refractivity contribution >= 4 is 11.9 Å². The number of ether oxygens (including phenoxy) is 1. The lowest BCUT2D eigenvalue weighted by atomic mass is 9.72. The summed E-state index contributed by atoms with van der Waals surface area (Å²) in [5, 5.41) is 0. The van der Waals surface area contributed by atoms with Crippen LogP contribution in [0.5, 0.6) is 0 Å². The van der Waals surface area contributed by atoms with Gasteiger partial charge >= 0.3 is 11.9 Å². The molecular weight excluding hydrogens is 360 g/mol. The molecule has 29 heavy (non-hydrogen) atoms. The minimum atomic E-state index is -0.897. The quantitative estimate of drug-likeness (QED) is 0.401. The highest BCUT2D eigenvalue weighted by Crippen LogP contribution is 2.40. The molecule has 0 N–H and O–H groups in total. The van der Waals surface area contributed by atoms with Crippen LogP contribution in [0.4, 0.5) is 0 Å². The van der Waals surface area contributed by atoms with Gasteiger partial charge in [0, 0.05) is 0 Å². The lowest BCUT2D eigenvalue weighted by Crippen LogP contribution is -2.43. The molecule has 2 aromatic carbocycles. The second-order valence-corrected chi connectivity index (χ2v) is 7.94. The average molecular weight is 386 g/mol. The van der Waals surface area contributed by atoms with Gasteiger partial charge in [0.15, 0.2) is 0 Å². The van der Waals surface area contributed by atoms with Crippen LogP contribution in [-0.2, 0) is 25.2 Å². The molecule has 2 aliphatic carbocycles. The smallest absolute Gasteiger partial charge is 0.328 e. The van der Waals surface area contributed by atoms with E-state index < -0.39 is 22.8 Å². The van der Waals surface area contributed by atoms with Gasteiger partial charge in [-0.25, -0.2) is 0 Å². The van der Waals surface area contributed by atoms with E-state index in [-0.39, 0.29) is 0 Å². The number of hydrogen-bond acceptors (Lipinski definition) is 3. The first-order valence-electron chi connectivity index (χ1n) is 10.4. The van der Waals surface area contributed by atoms with Crippen molar-refractivity contribution in [2.24, 2.45) is 0 Å². The summed E-state index contributed by atoms with van der Waals surface area (Å²) in [5.74, 6) is -0.946. The van der Waals surface area contributed by atoms with Crippen LogP contribution in [0.15, 0.2) is 85.0 Å². The van der Waals surface area contributed by atoms with Gasteiger partial charge in [-0.1, -0.05) is 85.0 Å². The maximum absolute atomic E-state index is 13.4. The summed E-state index contributed by atoms with van der Waals surface area (Å²) in [6.07, 6.45) is 12.8. The van der Waals surface area contributed by atoms with Crippen molar-refractivity contribution in [1.29, 1.82) is 0 Å². The summed E-state index contributed by atoms with van der Waals surface area (Å²) < 4.78 is 5.66. The van der Waals surface area contributed by atoms with Crippen LogP contribution in [0.25, 0.3) is 0 Å². The summed E-state index contributed by atoms with van der Waals surface area (Å²) in [6.45, 7) is 0. The molecule has 0 saturated heterocycles. The molecule has 0 aliphatic heterocycles. The molecule has 0 radical (unpaired) electrons. The fraction of sp³-hybridized carbons (Fsp3) is 0.308. The summed E-state index contributed by atoms with van der Waals surface area (Å²) in [7, 11) is 0. The van der Waals surface area contributed by atoms with Crippen LogP contribution in [0.2, 0.25) is 0 Å². The van der Waals surface area contributed by atoms with E-state index in [1.54, 1.807) is 0 Å². The van der Waals surface area contributed by atoms with Gasteiger partial charge in [-0.05, 0) is 49.7 Å². The molecule has 0 spiro atoms. The first kappa shape index (κ1) is 19.4. The Balaban J connectivity index is 1.68. The van der Waals surface area contributed by atoms with Gasteiger partial charge in [0.25, 0.3) is 0 Å². The molecule has 3 heteroatoms. The summed E-state index contributed by atoms with van der Waals surface area (Å²) in [4.78, 5) is 26.9. The SMILES string of the molecule is O=C(OC(=O)C1(c2ccccc2)C=CCCC1)C1(c2ccccc2)C=CCCC1. The Morgan fingerprint density at radius 1 is 0.655 bits per heavy atom. The molecule has 0 fully saturated rings. The molecule has 2 aliphatic rings. The summed E-state index contributed by atoms with van der Waals surface area (Å²) >= 11 is 0. The molecule has 148 valence electrons. The minimum absolute atomic E-state index is 0.473. The second kappa shape index (κ2) is 8.20. The van der Waals surface area contributed by atoms with E-state index in [9.17, 15) is 9.59 Å². The first-order chi connectivity index (χ1) is 14.2. The maximum atomic E-state index is 13.4. The highest BCUT2D eigenvalue weighted by molar-refractivity contribution is 5.98. The van der Waals surface area contributed by atoms with E-state index in [2.05, 4.69) is 0 Å². The van der Waals surface area contributed by atoms with Gasteiger partial charge in [0.05, 0.1) is 0 Å². The van der Waals surface area contributed by atoms with E-state index in [4.69, 9.17) is 4.74 Å². The predicted octanol–water partition coefficient (Wildman–Crippen LogP) is 5.41. The third kappa shape index (κ3) is 3.57. The zero-order chi connectivity index (χ0) is 20.2. The number of allylic oxidation sites excluding steroid dienone is 2. The van der Waals surface area contributed by atoms with Crippen molar-refractivity contribution in [3.05, 3.63) is 96.1 Å². The third-order valence-electron chi connectivity index (χ3n) is 6.18. The Labute approximate surface area is 172 Å². The standard InChI is InChI=1S/C26H26O3/c27-23(25(17-9-3-10-18-25)21-13-5-1-6-14-21)29-24(28)26(19-11-4-12-20-26)22-15-7-2-8-16-22/h1-2,5-9,11,13-17,19H,3-4,10,12,18,20H2.